The molecule has 8 atom stereocenters. The van der Waals surface area contributed by atoms with E-state index in [9.17, 15) is 34.5 Å². The Hall–Kier alpha value is -3.00. The van der Waals surface area contributed by atoms with Gasteiger partial charge in [-0.25, -0.2) is 4.57 Å². The molecule has 0 saturated carbocycles. The second-order valence-corrected chi connectivity index (χ2v) is 18.6. The molecule has 3 unspecified atom stereocenters. The number of halogens is 1. The lowest BCUT2D eigenvalue weighted by Crippen LogP contribution is -2.66. The van der Waals surface area contributed by atoms with E-state index in [4.69, 9.17) is 4.74 Å². The Morgan fingerprint density at radius 2 is 1.66 bits per heavy atom. The highest BCUT2D eigenvalue weighted by atomic mass is 127. The molecule has 17 heteroatoms. The number of hydrogen-bond acceptors (Lipinski definition) is 11. The molecule has 59 heavy (non-hydrogen) atoms. The van der Waals surface area contributed by atoms with Gasteiger partial charge in [0, 0.05) is 22.8 Å². The summed E-state index contributed by atoms with van der Waals surface area (Å²) in [6.07, 6.45) is 14.3. The molecule has 0 spiro atoms. The number of aromatic amines is 1. The van der Waals surface area contributed by atoms with E-state index in [1.54, 1.807) is 0 Å². The summed E-state index contributed by atoms with van der Waals surface area (Å²) in [5.74, 6) is -0.713. The average molecular weight is 942 g/mol. The van der Waals surface area contributed by atoms with Crippen molar-refractivity contribution >= 4 is 63.2 Å². The van der Waals surface area contributed by atoms with Crippen LogP contribution in [-0.2, 0) is 23.9 Å². The number of nitrogens with zero attached hydrogens (tertiary/aromatic N) is 4. The molecular weight excluding hydrogens is 871 g/mol. The summed E-state index contributed by atoms with van der Waals surface area (Å²) < 4.78 is 7.79. The molecule has 2 aliphatic rings. The molecule has 332 valence electrons. The third kappa shape index (κ3) is 13.5. The number of hydrogen-bond donors (Lipinski definition) is 7. The van der Waals surface area contributed by atoms with Gasteiger partial charge in [0.1, 0.15) is 18.3 Å². The molecule has 16 nitrogen and oxygen atoms in total. The molecule has 0 aliphatic carbocycles. The number of fused-ring (bicyclic) bond motifs is 1. The molecule has 0 aromatic carbocycles. The van der Waals surface area contributed by atoms with E-state index in [0.29, 0.717) is 36.4 Å². The number of H-pyrrole nitrogens is 1. The van der Waals surface area contributed by atoms with Gasteiger partial charge in [-0.1, -0.05) is 119 Å². The molecule has 2 aliphatic heterocycles. The number of imidazole rings is 1. The van der Waals surface area contributed by atoms with E-state index >= 15 is 0 Å². The molecular formula is C42H70IN8O8+. The van der Waals surface area contributed by atoms with Gasteiger partial charge in [-0.3, -0.25) is 29.1 Å². The van der Waals surface area contributed by atoms with Crippen molar-refractivity contribution < 1.29 is 43.8 Å². The van der Waals surface area contributed by atoms with Gasteiger partial charge in [0.15, 0.2) is 24.7 Å². The van der Waals surface area contributed by atoms with E-state index in [1.165, 1.54) is 11.2 Å². The van der Waals surface area contributed by atoms with Crippen LogP contribution < -0.4 is 20.5 Å². The molecule has 2 saturated heterocycles. The van der Waals surface area contributed by atoms with Crippen LogP contribution in [0.2, 0.25) is 0 Å². The van der Waals surface area contributed by atoms with Crippen molar-refractivity contribution in [2.75, 3.05) is 25.0 Å². The monoisotopic (exact) mass is 941 g/mol. The lowest BCUT2D eigenvalue weighted by Gasteiger charge is -2.42. The van der Waals surface area contributed by atoms with Crippen molar-refractivity contribution in [1.82, 2.24) is 30.5 Å². The van der Waals surface area contributed by atoms with Crippen molar-refractivity contribution in [2.24, 2.45) is 5.92 Å². The Morgan fingerprint density at radius 3 is 2.34 bits per heavy atom. The van der Waals surface area contributed by atoms with Crippen molar-refractivity contribution in [3.8, 4) is 0 Å². The maximum absolute atomic E-state index is 13.2. The predicted molar refractivity (Wildman–Crippen MR) is 232 cm³/mol. The number of amides is 4. The standard InChI is InChI=1S/C42H69IN8O8/c1-5-8-18-28(4)51-27-47-35-38(45-26-46-39(35)51)49-40-37(57)36(56)34(30(25-52)59-40)48-32(54)24-44-31(53)19-16-14-12-10-11-13-15-17-22-50-33(55)23-29(41(50)58)42(43,20-7-3)21-9-6-2/h26-30,34,36-37,40,52,56-57H,5-25H2,1-4H3,(H3,44,45,46,48,49,53,54)/p+1/t28?,29?,30-,34-,36+,37-,40-,42?/m0/s1. The van der Waals surface area contributed by atoms with E-state index < -0.39 is 43.1 Å². The van der Waals surface area contributed by atoms with Gasteiger partial charge in [-0.2, -0.15) is 4.98 Å². The fourth-order valence-corrected chi connectivity index (χ4v) is 9.75. The first-order valence-corrected chi connectivity index (χ1v) is 23.2. The zero-order valence-corrected chi connectivity index (χ0v) is 37.8. The Balaban J connectivity index is 1.09. The number of aliphatic hydroxyl groups is 3. The summed E-state index contributed by atoms with van der Waals surface area (Å²) in [6.45, 7) is 8.19. The lowest BCUT2D eigenvalue weighted by molar-refractivity contribution is -0.697. The van der Waals surface area contributed by atoms with E-state index in [-0.39, 0.29) is 46.1 Å². The van der Waals surface area contributed by atoms with Crippen LogP contribution in [0.3, 0.4) is 0 Å². The highest BCUT2D eigenvalue weighted by Crippen LogP contribution is 2.44. The Morgan fingerprint density at radius 1 is 0.966 bits per heavy atom. The summed E-state index contributed by atoms with van der Waals surface area (Å²) in [5, 5.41) is 40.3. The number of aliphatic hydroxyl groups excluding tert-OH is 3. The number of carbonyl (C=O) groups is 4. The quantitative estimate of drug-likeness (QED) is 0.0217. The summed E-state index contributed by atoms with van der Waals surface area (Å²) in [4.78, 5) is 64.7. The number of alkyl halides is 1. The van der Waals surface area contributed by atoms with Crippen LogP contribution in [-0.4, -0.2) is 112 Å². The first-order valence-electron chi connectivity index (χ1n) is 22.1. The molecule has 2 fully saturated rings. The third-order valence-corrected chi connectivity index (χ3v) is 13.7. The summed E-state index contributed by atoms with van der Waals surface area (Å²) >= 11 is 2.47. The Bertz CT molecular complexity index is 1650. The highest BCUT2D eigenvalue weighted by molar-refractivity contribution is 14.1. The number of aromatic nitrogens is 4. The number of rotatable bonds is 27. The number of imide groups is 1. The van der Waals surface area contributed by atoms with Crippen LogP contribution in [0, 0.1) is 5.92 Å². The molecule has 2 aromatic heterocycles. The van der Waals surface area contributed by atoms with E-state index in [0.717, 1.165) is 96.3 Å². The topological polar surface area (TPSA) is 223 Å². The molecule has 0 bridgehead atoms. The lowest BCUT2D eigenvalue weighted by atomic mass is 9.83. The second-order valence-electron chi connectivity index (χ2n) is 16.5. The van der Waals surface area contributed by atoms with Crippen LogP contribution in [0.4, 0.5) is 5.82 Å². The minimum atomic E-state index is -1.49. The van der Waals surface area contributed by atoms with Crippen LogP contribution >= 0.6 is 22.6 Å². The zero-order chi connectivity index (χ0) is 43.0. The predicted octanol–water partition coefficient (Wildman–Crippen LogP) is 4.50. The van der Waals surface area contributed by atoms with Crippen molar-refractivity contribution in [2.45, 2.75) is 183 Å². The average Bonchev–Trinajstić information content (AvgIpc) is 3.79. The molecule has 0 radical (unpaired) electrons. The molecule has 4 amide bonds. The van der Waals surface area contributed by atoms with Crippen molar-refractivity contribution in [3.05, 3.63) is 12.7 Å². The van der Waals surface area contributed by atoms with Crippen LogP contribution in [0.1, 0.15) is 149 Å². The van der Waals surface area contributed by atoms with Gasteiger partial charge < -0.3 is 36.0 Å². The van der Waals surface area contributed by atoms with Gasteiger partial charge in [0.2, 0.25) is 29.1 Å². The van der Waals surface area contributed by atoms with E-state index in [1.807, 2.05) is 10.9 Å². The van der Waals surface area contributed by atoms with Gasteiger partial charge in [-0.05, 0) is 39.0 Å². The second kappa shape index (κ2) is 24.4. The van der Waals surface area contributed by atoms with Gasteiger partial charge in [0.05, 0.1) is 31.2 Å². The largest absolute Gasteiger partial charge is 0.394 e. The minimum Gasteiger partial charge on any atom is -0.394 e. The normalized spacial score (nSPS) is 23.7. The summed E-state index contributed by atoms with van der Waals surface area (Å²) in [7, 11) is 0. The van der Waals surface area contributed by atoms with Gasteiger partial charge in [0.25, 0.3) is 0 Å². The molecule has 2 aromatic rings. The van der Waals surface area contributed by atoms with Gasteiger partial charge in [-0.15, -0.1) is 0 Å². The van der Waals surface area contributed by atoms with Crippen LogP contribution in [0.5, 0.6) is 0 Å². The summed E-state index contributed by atoms with van der Waals surface area (Å²) in [5.41, 5.74) is 1.26. The minimum absolute atomic E-state index is 0.0209. The SMILES string of the molecule is CCCCC(C)[n+]1c[nH]c2c(N[C@H]3O[C@@H](CO)[C@H](NC(=O)CNC(=O)CCCCCCCCCCN4C(=O)CC(C(I)(CCC)CCCC)C4=O)[C@@H](O)[C@@H]3O)ncnc21. The van der Waals surface area contributed by atoms with Gasteiger partial charge >= 0.3 is 5.65 Å². The number of nitrogens with one attached hydrogen (secondary N) is 4. The Labute approximate surface area is 362 Å². The highest BCUT2D eigenvalue weighted by Gasteiger charge is 2.49. The first-order chi connectivity index (χ1) is 28.4. The third-order valence-electron chi connectivity index (χ3n) is 11.9. The fraction of sp³-hybridized carbons (Fsp3) is 0.786. The van der Waals surface area contributed by atoms with Crippen LogP contribution in [0.25, 0.3) is 11.2 Å². The zero-order valence-electron chi connectivity index (χ0n) is 35.6. The Kier molecular flexibility index (Phi) is 20.2. The number of likely N-dealkylation sites (tertiary alicyclic amines) is 1. The van der Waals surface area contributed by atoms with Crippen LogP contribution in [0.15, 0.2) is 12.7 Å². The number of unbranched alkanes of at least 4 members (excludes halogenated alkanes) is 9. The summed E-state index contributed by atoms with van der Waals surface area (Å²) in [6, 6.07) is -0.933. The molecule has 7 N–H and O–H groups in total. The molecule has 4 rings (SSSR count). The number of carbonyl (C=O) groups excluding carboxylic acids is 4. The maximum atomic E-state index is 13.2. The van der Waals surface area contributed by atoms with Crippen molar-refractivity contribution in [3.63, 3.8) is 0 Å². The number of anilines is 1. The van der Waals surface area contributed by atoms with Crippen molar-refractivity contribution in [1.29, 1.82) is 0 Å². The number of ether oxygens (including phenoxy) is 1. The van der Waals surface area contributed by atoms with E-state index in [2.05, 4.69) is 81.2 Å². The smallest absolute Gasteiger partial charge is 0.307 e. The first kappa shape index (κ1) is 48.7. The molecule has 4 heterocycles. The fourth-order valence-electron chi connectivity index (χ4n) is 8.34. The maximum Gasteiger partial charge on any atom is 0.307 e.